The first-order valence-corrected chi connectivity index (χ1v) is 6.21. The van der Waals surface area contributed by atoms with Gasteiger partial charge >= 0.3 is 11.9 Å². The molecular weight excluding hydrogens is 351 g/mol. The Balaban J connectivity index is -0.0000000843. The lowest BCUT2D eigenvalue weighted by Gasteiger charge is -2.03. The molecule has 0 amide bonds. The molecule has 0 aliphatic heterocycles. The van der Waals surface area contributed by atoms with Gasteiger partial charge in [-0.15, -0.1) is 24.8 Å². The second-order valence-electron chi connectivity index (χ2n) is 3.35. The van der Waals surface area contributed by atoms with Gasteiger partial charge in [0.15, 0.2) is 5.90 Å². The molecular formula is C12H28Cl2N4O5. The fourth-order valence-electron chi connectivity index (χ4n) is 0.936. The van der Waals surface area contributed by atoms with Crippen molar-refractivity contribution in [3.05, 3.63) is 0 Å². The number of esters is 2. The van der Waals surface area contributed by atoms with Gasteiger partial charge < -0.3 is 26.1 Å². The Morgan fingerprint density at radius 1 is 0.826 bits per heavy atom. The standard InChI is InChI=1S/C7H13NO3.C5H10N2O2.2ClH.H3N/c1-3-10-6(8)5-7(9)11-4-2;1-2-9-5(8)3-4(6)7;;;/h8H,3-5H2,1-2H3;2-3H2,1H3,(H3,6,7);2*1H;1H3. The van der Waals surface area contributed by atoms with Crippen LogP contribution in [-0.2, 0) is 23.8 Å². The molecule has 0 fully saturated rings. The lowest BCUT2D eigenvalue weighted by Crippen LogP contribution is -2.17. The van der Waals surface area contributed by atoms with Gasteiger partial charge in [-0.1, -0.05) is 0 Å². The van der Waals surface area contributed by atoms with Gasteiger partial charge in [0.25, 0.3) is 0 Å². The van der Waals surface area contributed by atoms with E-state index in [4.69, 9.17) is 21.3 Å². The summed E-state index contributed by atoms with van der Waals surface area (Å²) in [4.78, 5) is 21.1. The van der Waals surface area contributed by atoms with Gasteiger partial charge in [0.2, 0.25) is 0 Å². The van der Waals surface area contributed by atoms with Crippen LogP contribution in [0.5, 0.6) is 0 Å². The van der Waals surface area contributed by atoms with Crippen LogP contribution in [0.25, 0.3) is 0 Å². The minimum atomic E-state index is -0.440. The molecule has 0 saturated heterocycles. The van der Waals surface area contributed by atoms with Gasteiger partial charge in [-0.05, 0) is 20.8 Å². The van der Waals surface area contributed by atoms with Crippen molar-refractivity contribution in [2.75, 3.05) is 19.8 Å². The first-order valence-electron chi connectivity index (χ1n) is 6.21. The lowest BCUT2D eigenvalue weighted by molar-refractivity contribution is -0.142. The van der Waals surface area contributed by atoms with E-state index in [1.54, 1.807) is 20.8 Å². The fourth-order valence-corrected chi connectivity index (χ4v) is 0.936. The topological polar surface area (TPSA) is 171 Å². The molecule has 0 aliphatic carbocycles. The number of carbonyl (C=O) groups is 2. The predicted octanol–water partition coefficient (Wildman–Crippen LogP) is 1.83. The van der Waals surface area contributed by atoms with E-state index in [9.17, 15) is 9.59 Å². The summed E-state index contributed by atoms with van der Waals surface area (Å²) in [5.74, 6) is -1.05. The van der Waals surface area contributed by atoms with Crippen LogP contribution in [0.4, 0.5) is 0 Å². The van der Waals surface area contributed by atoms with Gasteiger partial charge in [-0.2, -0.15) is 0 Å². The Hall–Kier alpha value is -1.58. The predicted molar refractivity (Wildman–Crippen MR) is 93.3 cm³/mol. The summed E-state index contributed by atoms with van der Waals surface area (Å²) >= 11 is 0. The number of halogens is 2. The Kier molecular flexibility index (Phi) is 32.7. The highest BCUT2D eigenvalue weighted by Gasteiger charge is 2.06. The van der Waals surface area contributed by atoms with Crippen molar-refractivity contribution in [1.29, 1.82) is 10.8 Å². The van der Waals surface area contributed by atoms with Crippen molar-refractivity contribution in [2.24, 2.45) is 5.73 Å². The van der Waals surface area contributed by atoms with Crippen molar-refractivity contribution >= 4 is 48.5 Å². The molecule has 0 aromatic carbocycles. The SMILES string of the molecule is CCOC(=N)CC(=O)OCC.CCOC(=O)CC(=N)N.Cl.Cl.N. The fraction of sp³-hybridized carbons (Fsp3) is 0.667. The number of hydrogen-bond donors (Lipinski definition) is 4. The van der Waals surface area contributed by atoms with Crippen molar-refractivity contribution in [3.8, 4) is 0 Å². The Bertz CT molecular complexity index is 327. The molecule has 0 atom stereocenters. The van der Waals surface area contributed by atoms with Crippen LogP contribution in [0.3, 0.4) is 0 Å². The summed E-state index contributed by atoms with van der Waals surface area (Å²) < 4.78 is 13.8. The molecule has 140 valence electrons. The maximum absolute atomic E-state index is 10.7. The van der Waals surface area contributed by atoms with Gasteiger partial charge in [-0.25, -0.2) is 0 Å². The number of ether oxygens (including phenoxy) is 3. The van der Waals surface area contributed by atoms with E-state index in [-0.39, 0.29) is 55.5 Å². The molecule has 0 unspecified atom stereocenters. The van der Waals surface area contributed by atoms with Crippen LogP contribution in [-0.4, -0.2) is 43.5 Å². The summed E-state index contributed by atoms with van der Waals surface area (Å²) in [6.07, 6.45) is -0.171. The number of carbonyl (C=O) groups excluding carboxylic acids is 2. The van der Waals surface area contributed by atoms with E-state index in [1.165, 1.54) is 0 Å². The normalized spacial score (nSPS) is 7.61. The molecule has 11 heteroatoms. The third-order valence-electron chi connectivity index (χ3n) is 1.57. The van der Waals surface area contributed by atoms with E-state index in [2.05, 4.69) is 9.47 Å². The number of amidine groups is 1. The van der Waals surface area contributed by atoms with Crippen molar-refractivity contribution in [3.63, 3.8) is 0 Å². The van der Waals surface area contributed by atoms with Gasteiger partial charge in [0, 0.05) is 0 Å². The Morgan fingerprint density at radius 2 is 1.17 bits per heavy atom. The average Bonchev–Trinajstić information content (AvgIpc) is 2.29. The summed E-state index contributed by atoms with van der Waals surface area (Å²) in [6, 6.07) is 0. The molecule has 0 radical (unpaired) electrons. The molecule has 0 aromatic heterocycles. The summed E-state index contributed by atoms with van der Waals surface area (Å²) in [7, 11) is 0. The zero-order chi connectivity index (χ0) is 16.0. The van der Waals surface area contributed by atoms with Crippen LogP contribution in [0.2, 0.25) is 0 Å². The molecule has 0 saturated carbocycles. The summed E-state index contributed by atoms with van der Waals surface area (Å²) in [5, 5.41) is 13.8. The van der Waals surface area contributed by atoms with E-state index >= 15 is 0 Å². The Morgan fingerprint density at radius 3 is 1.48 bits per heavy atom. The first kappa shape index (κ1) is 33.1. The Labute approximate surface area is 149 Å². The highest BCUT2D eigenvalue weighted by molar-refractivity contribution is 5.94. The van der Waals surface area contributed by atoms with Crippen LogP contribution in [0, 0.1) is 10.8 Å². The maximum atomic E-state index is 10.7. The minimum absolute atomic E-state index is 0. The highest BCUT2D eigenvalue weighted by atomic mass is 35.5. The molecule has 0 aromatic rings. The van der Waals surface area contributed by atoms with Crippen LogP contribution in [0.1, 0.15) is 33.6 Å². The smallest absolute Gasteiger partial charge is 0.315 e. The molecule has 0 spiro atoms. The monoisotopic (exact) mass is 378 g/mol. The number of nitrogens with two attached hydrogens (primary N) is 1. The van der Waals surface area contributed by atoms with Crippen LogP contribution in [0.15, 0.2) is 0 Å². The summed E-state index contributed by atoms with van der Waals surface area (Å²) in [6.45, 7) is 6.29. The van der Waals surface area contributed by atoms with Gasteiger partial charge in [0.05, 0.1) is 19.8 Å². The maximum Gasteiger partial charge on any atom is 0.315 e. The first-order chi connectivity index (χ1) is 9.37. The number of rotatable bonds is 7. The molecule has 0 heterocycles. The van der Waals surface area contributed by atoms with Crippen molar-refractivity contribution in [2.45, 2.75) is 33.6 Å². The zero-order valence-electron chi connectivity index (χ0n) is 13.7. The third kappa shape index (κ3) is 29.1. The number of hydrogen-bond acceptors (Lipinski definition) is 8. The molecule has 7 N–H and O–H groups in total. The molecule has 23 heavy (non-hydrogen) atoms. The molecule has 9 nitrogen and oxygen atoms in total. The third-order valence-corrected chi connectivity index (χ3v) is 1.57. The van der Waals surface area contributed by atoms with Crippen LogP contribution >= 0.6 is 24.8 Å². The van der Waals surface area contributed by atoms with Gasteiger partial charge in [0.1, 0.15) is 18.7 Å². The van der Waals surface area contributed by atoms with E-state index in [1.807, 2.05) is 0 Å². The molecule has 0 rings (SSSR count). The highest BCUT2D eigenvalue weighted by Crippen LogP contribution is 1.90. The van der Waals surface area contributed by atoms with Gasteiger partial charge in [-0.3, -0.25) is 20.4 Å². The van der Waals surface area contributed by atoms with E-state index in [0.717, 1.165) is 0 Å². The van der Waals surface area contributed by atoms with Crippen molar-refractivity contribution in [1.82, 2.24) is 6.15 Å². The largest absolute Gasteiger partial charge is 0.481 e. The molecule has 0 bridgehead atoms. The second-order valence-corrected chi connectivity index (χ2v) is 3.35. The van der Waals surface area contributed by atoms with Crippen LogP contribution < -0.4 is 11.9 Å². The lowest BCUT2D eigenvalue weighted by atomic mass is 10.4. The average molecular weight is 379 g/mol. The zero-order valence-corrected chi connectivity index (χ0v) is 15.3. The summed E-state index contributed by atoms with van der Waals surface area (Å²) in [5.41, 5.74) is 4.91. The van der Waals surface area contributed by atoms with Crippen molar-refractivity contribution < 1.29 is 23.8 Å². The number of nitrogens with one attached hydrogen (secondary N) is 2. The van der Waals surface area contributed by atoms with E-state index in [0.29, 0.717) is 19.8 Å². The quantitative estimate of drug-likeness (QED) is 0.297. The minimum Gasteiger partial charge on any atom is -0.481 e. The molecule has 0 aliphatic rings. The van der Waals surface area contributed by atoms with E-state index < -0.39 is 11.9 Å². The second kappa shape index (κ2) is 22.7.